The Morgan fingerprint density at radius 2 is 2.00 bits per heavy atom. The minimum atomic E-state index is 0.555. The lowest BCUT2D eigenvalue weighted by molar-refractivity contribution is 0.172. The molecule has 20 heavy (non-hydrogen) atoms. The van der Waals surface area contributed by atoms with Gasteiger partial charge in [0.15, 0.2) is 11.5 Å². The highest BCUT2D eigenvalue weighted by molar-refractivity contribution is 5.72. The monoisotopic (exact) mass is 272 g/mol. The fraction of sp³-hybridized carbons (Fsp3) is 0.286. The third-order valence-corrected chi connectivity index (χ3v) is 3.01. The van der Waals surface area contributed by atoms with Crippen LogP contribution in [0.3, 0.4) is 0 Å². The molecule has 3 rings (SSSR count). The molecule has 0 fully saturated rings. The standard InChI is InChI=1S/C14H16N4O2/c1-9-16-3-2-10(18-9)8-17-12-7-14-13(6-11(12)15)19-4-5-20-14/h2-3,6-7,17H,4-5,8,15H2,1H3. The first kappa shape index (κ1) is 12.5. The van der Waals surface area contributed by atoms with Crippen LogP contribution in [0, 0.1) is 6.92 Å². The zero-order valence-corrected chi connectivity index (χ0v) is 11.2. The number of hydrogen-bond donors (Lipinski definition) is 2. The van der Waals surface area contributed by atoms with Crippen molar-refractivity contribution in [1.29, 1.82) is 0 Å². The number of aryl methyl sites for hydroxylation is 1. The zero-order chi connectivity index (χ0) is 13.9. The van der Waals surface area contributed by atoms with Crippen LogP contribution < -0.4 is 20.5 Å². The second kappa shape index (κ2) is 5.24. The summed E-state index contributed by atoms with van der Waals surface area (Å²) in [7, 11) is 0. The number of aromatic nitrogens is 2. The molecule has 0 spiro atoms. The lowest BCUT2D eigenvalue weighted by Gasteiger charge is -2.20. The van der Waals surface area contributed by atoms with Gasteiger partial charge in [-0.25, -0.2) is 9.97 Å². The van der Waals surface area contributed by atoms with Crippen molar-refractivity contribution in [2.24, 2.45) is 0 Å². The highest BCUT2D eigenvalue weighted by atomic mass is 16.6. The molecule has 0 atom stereocenters. The van der Waals surface area contributed by atoms with E-state index in [1.54, 1.807) is 12.3 Å². The number of anilines is 2. The fourth-order valence-electron chi connectivity index (χ4n) is 2.05. The zero-order valence-electron chi connectivity index (χ0n) is 11.2. The summed E-state index contributed by atoms with van der Waals surface area (Å²) in [5.74, 6) is 2.16. The predicted octanol–water partition coefficient (Wildman–Crippen LogP) is 1.75. The third kappa shape index (κ3) is 2.59. The summed E-state index contributed by atoms with van der Waals surface area (Å²) < 4.78 is 11.0. The highest BCUT2D eigenvalue weighted by Crippen LogP contribution is 2.36. The van der Waals surface area contributed by atoms with Crippen molar-refractivity contribution >= 4 is 11.4 Å². The molecular formula is C14H16N4O2. The molecule has 3 N–H and O–H groups in total. The second-order valence-corrected chi connectivity index (χ2v) is 4.53. The Morgan fingerprint density at radius 3 is 2.75 bits per heavy atom. The Bertz CT molecular complexity index is 631. The molecule has 1 aromatic carbocycles. The van der Waals surface area contributed by atoms with E-state index >= 15 is 0 Å². The molecule has 104 valence electrons. The summed E-state index contributed by atoms with van der Waals surface area (Å²) in [6, 6.07) is 5.51. The fourth-order valence-corrected chi connectivity index (χ4v) is 2.05. The second-order valence-electron chi connectivity index (χ2n) is 4.53. The van der Waals surface area contributed by atoms with Gasteiger partial charge in [-0.05, 0) is 13.0 Å². The summed E-state index contributed by atoms with van der Waals surface area (Å²) in [6.07, 6.45) is 1.74. The topological polar surface area (TPSA) is 82.3 Å². The van der Waals surface area contributed by atoms with Crippen LogP contribution in [-0.2, 0) is 6.54 Å². The summed E-state index contributed by atoms with van der Waals surface area (Å²) in [5.41, 5.74) is 8.35. The van der Waals surface area contributed by atoms with Crippen LogP contribution >= 0.6 is 0 Å². The van der Waals surface area contributed by atoms with Crippen molar-refractivity contribution in [3.63, 3.8) is 0 Å². The van der Waals surface area contributed by atoms with Gasteiger partial charge in [0.25, 0.3) is 0 Å². The molecule has 6 heteroatoms. The van der Waals surface area contributed by atoms with Gasteiger partial charge < -0.3 is 20.5 Å². The number of ether oxygens (including phenoxy) is 2. The van der Waals surface area contributed by atoms with Gasteiger partial charge >= 0.3 is 0 Å². The predicted molar refractivity (Wildman–Crippen MR) is 75.9 cm³/mol. The molecule has 1 aromatic heterocycles. The number of fused-ring (bicyclic) bond motifs is 1. The number of nitrogens with two attached hydrogens (primary N) is 1. The van der Waals surface area contributed by atoms with Gasteiger partial charge in [0.1, 0.15) is 19.0 Å². The van der Waals surface area contributed by atoms with E-state index in [9.17, 15) is 0 Å². The van der Waals surface area contributed by atoms with Gasteiger partial charge in [0.05, 0.1) is 23.6 Å². The Morgan fingerprint density at radius 1 is 1.25 bits per heavy atom. The molecule has 0 saturated carbocycles. The van der Waals surface area contributed by atoms with Crippen LogP contribution in [0.5, 0.6) is 11.5 Å². The van der Waals surface area contributed by atoms with Crippen LogP contribution in [0.25, 0.3) is 0 Å². The van der Waals surface area contributed by atoms with Gasteiger partial charge in [-0.15, -0.1) is 0 Å². The van der Waals surface area contributed by atoms with E-state index in [-0.39, 0.29) is 0 Å². The molecule has 1 aliphatic heterocycles. The van der Waals surface area contributed by atoms with Crippen molar-refractivity contribution in [2.45, 2.75) is 13.5 Å². The van der Waals surface area contributed by atoms with E-state index in [1.165, 1.54) is 0 Å². The molecule has 6 nitrogen and oxygen atoms in total. The summed E-state index contributed by atoms with van der Waals surface area (Å²) in [4.78, 5) is 8.40. The Hall–Kier alpha value is -2.50. The van der Waals surface area contributed by atoms with Crippen molar-refractivity contribution < 1.29 is 9.47 Å². The van der Waals surface area contributed by atoms with Crippen LogP contribution in [0.15, 0.2) is 24.4 Å². The minimum Gasteiger partial charge on any atom is -0.486 e. The lowest BCUT2D eigenvalue weighted by Crippen LogP contribution is -2.16. The van der Waals surface area contributed by atoms with Gasteiger partial charge in [-0.3, -0.25) is 0 Å². The molecular weight excluding hydrogens is 256 g/mol. The molecule has 0 amide bonds. The number of benzene rings is 1. The van der Waals surface area contributed by atoms with Gasteiger partial charge in [-0.1, -0.05) is 0 Å². The van der Waals surface area contributed by atoms with Crippen molar-refractivity contribution in [3.8, 4) is 11.5 Å². The Labute approximate surface area is 116 Å². The minimum absolute atomic E-state index is 0.555. The first-order valence-electron chi connectivity index (χ1n) is 6.44. The van der Waals surface area contributed by atoms with E-state index in [1.807, 2.05) is 19.1 Å². The van der Waals surface area contributed by atoms with Crippen LogP contribution in [0.4, 0.5) is 11.4 Å². The molecule has 0 bridgehead atoms. The van der Waals surface area contributed by atoms with Crippen molar-refractivity contribution in [3.05, 3.63) is 35.9 Å². The molecule has 2 heterocycles. The number of nitrogens with zero attached hydrogens (tertiary/aromatic N) is 2. The first-order valence-corrected chi connectivity index (χ1v) is 6.44. The molecule has 0 radical (unpaired) electrons. The first-order chi connectivity index (χ1) is 9.72. The smallest absolute Gasteiger partial charge is 0.163 e. The molecule has 0 unspecified atom stereocenters. The average Bonchev–Trinajstić information content (AvgIpc) is 2.45. The summed E-state index contributed by atoms with van der Waals surface area (Å²) in [6.45, 7) is 3.55. The quantitative estimate of drug-likeness (QED) is 0.828. The third-order valence-electron chi connectivity index (χ3n) is 3.01. The number of nitrogens with one attached hydrogen (secondary N) is 1. The normalized spacial score (nSPS) is 13.1. The van der Waals surface area contributed by atoms with Crippen LogP contribution in [0.2, 0.25) is 0 Å². The van der Waals surface area contributed by atoms with Crippen molar-refractivity contribution in [1.82, 2.24) is 9.97 Å². The lowest BCUT2D eigenvalue weighted by atomic mass is 10.2. The van der Waals surface area contributed by atoms with E-state index in [0.29, 0.717) is 36.9 Å². The van der Waals surface area contributed by atoms with Crippen LogP contribution in [0.1, 0.15) is 11.5 Å². The number of rotatable bonds is 3. The maximum atomic E-state index is 6.01. The van der Waals surface area contributed by atoms with Gasteiger partial charge in [0, 0.05) is 18.3 Å². The molecule has 0 saturated heterocycles. The van der Waals surface area contributed by atoms with Gasteiger partial charge in [0.2, 0.25) is 0 Å². The number of hydrogen-bond acceptors (Lipinski definition) is 6. The van der Waals surface area contributed by atoms with E-state index in [4.69, 9.17) is 15.2 Å². The SMILES string of the molecule is Cc1nccc(CNc2cc3c(cc2N)OCCO3)n1. The molecule has 1 aliphatic rings. The summed E-state index contributed by atoms with van der Waals surface area (Å²) >= 11 is 0. The van der Waals surface area contributed by atoms with E-state index < -0.39 is 0 Å². The Balaban J connectivity index is 1.77. The maximum Gasteiger partial charge on any atom is 0.163 e. The van der Waals surface area contributed by atoms with E-state index in [0.717, 1.165) is 17.2 Å². The van der Waals surface area contributed by atoms with Crippen LogP contribution in [-0.4, -0.2) is 23.2 Å². The molecule has 0 aliphatic carbocycles. The molecule has 2 aromatic rings. The highest BCUT2D eigenvalue weighted by Gasteiger charge is 2.14. The Kier molecular flexibility index (Phi) is 3.28. The maximum absolute atomic E-state index is 6.01. The van der Waals surface area contributed by atoms with Gasteiger partial charge in [-0.2, -0.15) is 0 Å². The van der Waals surface area contributed by atoms with Crippen molar-refractivity contribution in [2.75, 3.05) is 24.3 Å². The summed E-state index contributed by atoms with van der Waals surface area (Å²) in [5, 5.41) is 3.26. The largest absolute Gasteiger partial charge is 0.486 e. The average molecular weight is 272 g/mol. The number of nitrogen functional groups attached to an aromatic ring is 1. The van der Waals surface area contributed by atoms with E-state index in [2.05, 4.69) is 15.3 Å².